The molecule has 156 valence electrons. The van der Waals surface area contributed by atoms with Crippen LogP contribution in [-0.4, -0.2) is 66.2 Å². The van der Waals surface area contributed by atoms with Gasteiger partial charge in [-0.25, -0.2) is 0 Å². The van der Waals surface area contributed by atoms with E-state index in [1.54, 1.807) is 20.9 Å². The smallest absolute Gasteiger partial charge is 0.245 e. The number of likely N-dealkylation sites (N-methyl/N-ethyl adjacent to an activating group) is 2. The van der Waals surface area contributed by atoms with Crippen molar-refractivity contribution in [1.29, 1.82) is 0 Å². The van der Waals surface area contributed by atoms with Crippen molar-refractivity contribution in [3.05, 3.63) is 0 Å². The van der Waals surface area contributed by atoms with Crippen molar-refractivity contribution in [2.75, 3.05) is 20.6 Å². The van der Waals surface area contributed by atoms with E-state index in [1.807, 2.05) is 20.8 Å². The molecule has 0 saturated heterocycles. The van der Waals surface area contributed by atoms with Crippen LogP contribution in [0.25, 0.3) is 0 Å². The second kappa shape index (κ2) is 10.9. The van der Waals surface area contributed by atoms with Crippen molar-refractivity contribution in [1.82, 2.24) is 15.1 Å². The Labute approximate surface area is 162 Å². The minimum Gasteiger partial charge on any atom is -0.548 e. The number of carboxylic acids is 1. The zero-order valence-electron chi connectivity index (χ0n) is 17.7. The lowest BCUT2D eigenvalue weighted by molar-refractivity contribution is -0.310. The van der Waals surface area contributed by atoms with E-state index in [2.05, 4.69) is 5.32 Å². The van der Waals surface area contributed by atoms with Gasteiger partial charge >= 0.3 is 0 Å². The van der Waals surface area contributed by atoms with Gasteiger partial charge in [0.15, 0.2) is 0 Å². The second-order valence-electron chi connectivity index (χ2n) is 7.60. The van der Waals surface area contributed by atoms with Gasteiger partial charge in [0.25, 0.3) is 0 Å². The molecule has 0 aromatic rings. The molecule has 0 radical (unpaired) electrons. The molecule has 4 unspecified atom stereocenters. The number of hydrogen-bond acceptors (Lipinski definition) is 5. The molecule has 0 aromatic heterocycles. The van der Waals surface area contributed by atoms with Crippen LogP contribution in [0.3, 0.4) is 0 Å². The molecule has 1 N–H and O–H groups in total. The highest BCUT2D eigenvalue weighted by molar-refractivity contribution is 5.92. The molecule has 27 heavy (non-hydrogen) atoms. The first-order valence-corrected chi connectivity index (χ1v) is 9.36. The molecule has 0 heterocycles. The van der Waals surface area contributed by atoms with Gasteiger partial charge in [-0.2, -0.15) is 0 Å². The summed E-state index contributed by atoms with van der Waals surface area (Å²) < 4.78 is 0. The molecule has 0 fully saturated rings. The number of nitrogens with zero attached hydrogens (tertiary/aromatic N) is 2. The Hall–Kier alpha value is -2.12. The lowest BCUT2D eigenvalue weighted by Gasteiger charge is -2.32. The fraction of sp³-hybridized carbons (Fsp3) is 0.789. The molecule has 0 saturated carbocycles. The third kappa shape index (κ3) is 7.19. The van der Waals surface area contributed by atoms with E-state index in [0.717, 1.165) is 11.3 Å². The van der Waals surface area contributed by atoms with Gasteiger partial charge in [-0.05, 0) is 18.8 Å². The molecule has 0 aliphatic carbocycles. The van der Waals surface area contributed by atoms with E-state index in [1.165, 1.54) is 18.9 Å². The Kier molecular flexibility index (Phi) is 10.0. The molecule has 0 bridgehead atoms. The van der Waals surface area contributed by atoms with Crippen LogP contribution < -0.4 is 10.4 Å². The largest absolute Gasteiger partial charge is 0.548 e. The number of amides is 3. The standard InChI is InChI=1S/C19H35N3O5/c1-9-12(4)13(5)17(24)21(7)10-15(23)20-16(11(2)3)18(25)22(8)14(6)19(26)27/h11-14,16H,9-10H2,1-8H3,(H,20,23)(H,26,27)/p-1. The van der Waals surface area contributed by atoms with Crippen molar-refractivity contribution in [2.24, 2.45) is 17.8 Å². The maximum absolute atomic E-state index is 12.6. The van der Waals surface area contributed by atoms with E-state index < -0.39 is 29.9 Å². The van der Waals surface area contributed by atoms with Crippen molar-refractivity contribution >= 4 is 23.7 Å². The number of carbonyl (C=O) groups is 4. The highest BCUT2D eigenvalue weighted by Gasteiger charge is 2.30. The normalized spacial score (nSPS) is 15.4. The van der Waals surface area contributed by atoms with Gasteiger partial charge in [0.2, 0.25) is 17.7 Å². The second-order valence-corrected chi connectivity index (χ2v) is 7.60. The molecule has 0 aliphatic heterocycles. The van der Waals surface area contributed by atoms with Crippen LogP contribution in [0.4, 0.5) is 0 Å². The monoisotopic (exact) mass is 384 g/mol. The van der Waals surface area contributed by atoms with Gasteiger partial charge in [-0.1, -0.05) is 41.0 Å². The fourth-order valence-corrected chi connectivity index (χ4v) is 2.54. The van der Waals surface area contributed by atoms with Crippen molar-refractivity contribution < 1.29 is 24.3 Å². The first-order chi connectivity index (χ1) is 12.3. The molecule has 8 nitrogen and oxygen atoms in total. The van der Waals surface area contributed by atoms with Gasteiger partial charge in [-0.15, -0.1) is 0 Å². The SMILES string of the molecule is CCC(C)C(C)C(=O)N(C)CC(=O)NC(C(=O)N(C)C(C)C(=O)[O-])C(C)C. The Morgan fingerprint density at radius 1 is 0.963 bits per heavy atom. The van der Waals surface area contributed by atoms with Crippen molar-refractivity contribution in [3.8, 4) is 0 Å². The summed E-state index contributed by atoms with van der Waals surface area (Å²) in [6, 6.07) is -2.00. The number of nitrogens with one attached hydrogen (secondary N) is 1. The van der Waals surface area contributed by atoms with E-state index in [-0.39, 0.29) is 30.2 Å². The zero-order chi connectivity index (χ0) is 21.5. The average Bonchev–Trinajstić information content (AvgIpc) is 2.61. The van der Waals surface area contributed by atoms with Crippen LogP contribution in [0.5, 0.6) is 0 Å². The predicted molar refractivity (Wildman–Crippen MR) is 100 cm³/mol. The van der Waals surface area contributed by atoms with Crippen LogP contribution in [0.15, 0.2) is 0 Å². The molecule has 0 rings (SSSR count). The maximum atomic E-state index is 12.6. The lowest BCUT2D eigenvalue weighted by Crippen LogP contribution is -2.56. The van der Waals surface area contributed by atoms with Gasteiger partial charge in [0.05, 0.1) is 18.6 Å². The molecule has 3 amide bonds. The average molecular weight is 384 g/mol. The first kappa shape index (κ1) is 24.9. The molecule has 8 heteroatoms. The number of rotatable bonds is 10. The molecular weight excluding hydrogens is 350 g/mol. The highest BCUT2D eigenvalue weighted by atomic mass is 16.4. The summed E-state index contributed by atoms with van der Waals surface area (Å²) in [5.74, 6) is -2.74. The van der Waals surface area contributed by atoms with E-state index in [4.69, 9.17) is 0 Å². The highest BCUT2D eigenvalue weighted by Crippen LogP contribution is 2.16. The van der Waals surface area contributed by atoms with Crippen molar-refractivity contribution in [2.45, 2.75) is 60.0 Å². The topological polar surface area (TPSA) is 110 Å². The Morgan fingerprint density at radius 3 is 1.89 bits per heavy atom. The van der Waals surface area contributed by atoms with Crippen LogP contribution >= 0.6 is 0 Å². The van der Waals surface area contributed by atoms with E-state index in [0.29, 0.717) is 0 Å². The summed E-state index contributed by atoms with van der Waals surface area (Å²) in [5, 5.41) is 13.6. The van der Waals surface area contributed by atoms with Crippen LogP contribution in [-0.2, 0) is 19.2 Å². The molecule has 0 spiro atoms. The Bertz CT molecular complexity index is 549. The van der Waals surface area contributed by atoms with E-state index in [9.17, 15) is 24.3 Å². The van der Waals surface area contributed by atoms with Crippen LogP contribution in [0, 0.1) is 17.8 Å². The number of hydrogen-bond donors (Lipinski definition) is 1. The summed E-state index contributed by atoms with van der Waals surface area (Å²) in [7, 11) is 2.91. The molecule has 0 aliphatic rings. The first-order valence-electron chi connectivity index (χ1n) is 9.36. The third-order valence-electron chi connectivity index (χ3n) is 5.16. The molecule has 4 atom stereocenters. The summed E-state index contributed by atoms with van der Waals surface area (Å²) in [6.45, 7) is 10.5. The summed E-state index contributed by atoms with van der Waals surface area (Å²) in [5.41, 5.74) is 0. The quantitative estimate of drug-likeness (QED) is 0.564. The van der Waals surface area contributed by atoms with Crippen LogP contribution in [0.1, 0.15) is 48.0 Å². The summed E-state index contributed by atoms with van der Waals surface area (Å²) in [4.78, 5) is 50.7. The fourth-order valence-electron chi connectivity index (χ4n) is 2.54. The zero-order valence-corrected chi connectivity index (χ0v) is 17.7. The minimum absolute atomic E-state index is 0.130. The Balaban J connectivity index is 5.02. The summed E-state index contributed by atoms with van der Waals surface area (Å²) >= 11 is 0. The summed E-state index contributed by atoms with van der Waals surface area (Å²) in [6.07, 6.45) is 0.861. The Morgan fingerprint density at radius 2 is 1.48 bits per heavy atom. The molecular formula is C19H34N3O5-. The third-order valence-corrected chi connectivity index (χ3v) is 5.16. The predicted octanol–water partition coefficient (Wildman–Crippen LogP) is -0.135. The van der Waals surface area contributed by atoms with Gasteiger partial charge < -0.3 is 25.0 Å². The van der Waals surface area contributed by atoms with E-state index >= 15 is 0 Å². The van der Waals surface area contributed by atoms with Crippen molar-refractivity contribution in [3.63, 3.8) is 0 Å². The number of aliphatic carboxylic acids is 1. The molecule has 0 aromatic carbocycles. The maximum Gasteiger partial charge on any atom is 0.245 e. The number of carboxylic acid groups (broad SMARTS) is 1. The lowest BCUT2D eigenvalue weighted by atomic mass is 9.92. The van der Waals surface area contributed by atoms with Gasteiger partial charge in [0, 0.05) is 20.0 Å². The van der Waals surface area contributed by atoms with Gasteiger partial charge in [-0.3, -0.25) is 14.4 Å². The number of carbonyl (C=O) groups excluding carboxylic acids is 4. The van der Waals surface area contributed by atoms with Crippen LogP contribution in [0.2, 0.25) is 0 Å². The minimum atomic E-state index is -1.37. The van der Waals surface area contributed by atoms with Gasteiger partial charge in [0.1, 0.15) is 6.04 Å².